The minimum absolute atomic E-state index is 0.177. The number of amides is 2. The Kier molecular flexibility index (Phi) is 4.24. The molecule has 3 saturated heterocycles. The third kappa shape index (κ3) is 3.15. The van der Waals surface area contributed by atoms with Crippen LogP contribution >= 0.6 is 0 Å². The Balaban J connectivity index is 1.53. The topological polar surface area (TPSA) is 49.9 Å². The molecule has 5 heteroatoms. The standard InChI is InChI=1S/C20H32N2O3/c1-20(2,3)25-19(24)22-16-9-7-13(8-10-16)17(22)18(23)21-11-14-5-4-6-15(14)12-21/h13-17H,4-12H2,1-3H3/t13?,14?,15?,16?,17-/m1/s1. The second-order valence-electron chi connectivity index (χ2n) is 9.60. The summed E-state index contributed by atoms with van der Waals surface area (Å²) in [7, 11) is 0. The maximum absolute atomic E-state index is 13.4. The number of ether oxygens (including phenoxy) is 1. The number of piperidine rings is 2. The van der Waals surface area contributed by atoms with Gasteiger partial charge in [-0.2, -0.15) is 0 Å². The van der Waals surface area contributed by atoms with Crippen molar-refractivity contribution in [2.45, 2.75) is 83.4 Å². The predicted octanol–water partition coefficient (Wildman–Crippen LogP) is 3.42. The van der Waals surface area contributed by atoms with E-state index in [4.69, 9.17) is 4.74 Å². The molecular weight excluding hydrogens is 316 g/mol. The summed E-state index contributed by atoms with van der Waals surface area (Å²) in [6.45, 7) is 7.49. The molecule has 2 saturated carbocycles. The molecule has 3 heterocycles. The Bertz CT molecular complexity index is 536. The number of hydrogen-bond donors (Lipinski definition) is 0. The Morgan fingerprint density at radius 3 is 2.04 bits per heavy atom. The summed E-state index contributed by atoms with van der Waals surface area (Å²) < 4.78 is 5.66. The van der Waals surface area contributed by atoms with Gasteiger partial charge in [0.15, 0.2) is 0 Å². The van der Waals surface area contributed by atoms with Crippen LogP contribution in [-0.2, 0) is 9.53 Å². The SMILES string of the molecule is CC(C)(C)OC(=O)N1C2CCC(CC2)[C@@H]1C(=O)N1CC2CCCC2C1. The maximum Gasteiger partial charge on any atom is 0.411 e. The number of hydrogen-bond acceptors (Lipinski definition) is 3. The summed E-state index contributed by atoms with van der Waals surface area (Å²) in [6, 6.07) is -0.114. The average molecular weight is 348 g/mol. The van der Waals surface area contributed by atoms with Crippen LogP contribution in [0.1, 0.15) is 65.7 Å². The molecule has 2 bridgehead atoms. The van der Waals surface area contributed by atoms with E-state index in [1.54, 1.807) is 0 Å². The molecule has 0 aromatic rings. The van der Waals surface area contributed by atoms with Crippen molar-refractivity contribution in [3.8, 4) is 0 Å². The molecule has 0 spiro atoms. The van der Waals surface area contributed by atoms with Crippen LogP contribution in [0.2, 0.25) is 0 Å². The Morgan fingerprint density at radius 1 is 0.880 bits per heavy atom. The fourth-order valence-electron chi connectivity index (χ4n) is 5.65. The largest absolute Gasteiger partial charge is 0.444 e. The normalized spacial score (nSPS) is 37.3. The van der Waals surface area contributed by atoms with E-state index < -0.39 is 5.60 Å². The van der Waals surface area contributed by atoms with Gasteiger partial charge in [-0.05, 0) is 77.0 Å². The van der Waals surface area contributed by atoms with E-state index in [1.165, 1.54) is 19.3 Å². The van der Waals surface area contributed by atoms with Gasteiger partial charge in [-0.3, -0.25) is 9.69 Å². The lowest BCUT2D eigenvalue weighted by atomic mass is 9.74. The highest BCUT2D eigenvalue weighted by molar-refractivity contribution is 5.87. The van der Waals surface area contributed by atoms with Gasteiger partial charge in [0.25, 0.3) is 0 Å². The van der Waals surface area contributed by atoms with Crippen molar-refractivity contribution >= 4 is 12.0 Å². The first-order valence-electron chi connectivity index (χ1n) is 10.1. The van der Waals surface area contributed by atoms with Gasteiger partial charge in [0.05, 0.1) is 0 Å². The van der Waals surface area contributed by atoms with Crippen LogP contribution in [-0.4, -0.2) is 52.6 Å². The predicted molar refractivity (Wildman–Crippen MR) is 95.0 cm³/mol. The number of fused-ring (bicyclic) bond motifs is 4. The lowest BCUT2D eigenvalue weighted by Crippen LogP contribution is -2.63. The van der Waals surface area contributed by atoms with Crippen LogP contribution in [0.4, 0.5) is 4.79 Å². The summed E-state index contributed by atoms with van der Waals surface area (Å²) in [4.78, 5) is 30.1. The molecule has 0 aromatic heterocycles. The van der Waals surface area contributed by atoms with E-state index in [-0.39, 0.29) is 24.1 Å². The fraction of sp³-hybridized carbons (Fsp3) is 0.900. The van der Waals surface area contributed by atoms with E-state index in [2.05, 4.69) is 4.90 Å². The molecule has 5 aliphatic rings. The van der Waals surface area contributed by atoms with Gasteiger partial charge in [-0.15, -0.1) is 0 Å². The van der Waals surface area contributed by atoms with Gasteiger partial charge < -0.3 is 9.64 Å². The summed E-state index contributed by atoms with van der Waals surface area (Å²) in [6.07, 6.45) is 7.72. The molecule has 5 fully saturated rings. The molecule has 2 amide bonds. The zero-order valence-corrected chi connectivity index (χ0v) is 15.9. The number of rotatable bonds is 1. The van der Waals surface area contributed by atoms with E-state index >= 15 is 0 Å². The first kappa shape index (κ1) is 17.2. The number of nitrogens with zero attached hydrogens (tertiary/aromatic N) is 2. The average Bonchev–Trinajstić information content (AvgIpc) is 3.14. The van der Waals surface area contributed by atoms with Crippen LogP contribution in [0, 0.1) is 17.8 Å². The molecule has 3 atom stereocenters. The molecule has 2 aliphatic carbocycles. The van der Waals surface area contributed by atoms with Crippen LogP contribution in [0.5, 0.6) is 0 Å². The minimum Gasteiger partial charge on any atom is -0.444 e. The van der Waals surface area contributed by atoms with Crippen molar-refractivity contribution in [2.75, 3.05) is 13.1 Å². The second kappa shape index (κ2) is 6.17. The molecule has 0 radical (unpaired) electrons. The molecule has 2 unspecified atom stereocenters. The van der Waals surface area contributed by atoms with Crippen molar-refractivity contribution in [2.24, 2.45) is 17.8 Å². The van der Waals surface area contributed by atoms with Gasteiger partial charge >= 0.3 is 6.09 Å². The van der Waals surface area contributed by atoms with Crippen molar-refractivity contribution in [3.05, 3.63) is 0 Å². The highest BCUT2D eigenvalue weighted by atomic mass is 16.6. The van der Waals surface area contributed by atoms with Crippen molar-refractivity contribution in [3.63, 3.8) is 0 Å². The maximum atomic E-state index is 13.4. The molecular formula is C20H32N2O3. The van der Waals surface area contributed by atoms with E-state index in [1.807, 2.05) is 25.7 Å². The Morgan fingerprint density at radius 2 is 1.48 bits per heavy atom. The lowest BCUT2D eigenvalue weighted by molar-refractivity contribution is -0.144. The molecule has 0 N–H and O–H groups in total. The number of carbonyl (C=O) groups is 2. The summed E-state index contributed by atoms with van der Waals surface area (Å²) in [5.41, 5.74) is -0.522. The van der Waals surface area contributed by atoms with Gasteiger partial charge in [0.1, 0.15) is 11.6 Å². The zero-order chi connectivity index (χ0) is 17.8. The summed E-state index contributed by atoms with van der Waals surface area (Å²) >= 11 is 0. The van der Waals surface area contributed by atoms with Crippen LogP contribution in [0.15, 0.2) is 0 Å². The molecule has 3 aliphatic heterocycles. The Hall–Kier alpha value is -1.26. The smallest absolute Gasteiger partial charge is 0.411 e. The quantitative estimate of drug-likeness (QED) is 0.729. The van der Waals surface area contributed by atoms with Crippen LogP contribution in [0.3, 0.4) is 0 Å². The van der Waals surface area contributed by atoms with E-state index in [0.717, 1.165) is 38.8 Å². The third-order valence-corrected chi connectivity index (χ3v) is 6.78. The van der Waals surface area contributed by atoms with Gasteiger partial charge in [-0.25, -0.2) is 4.79 Å². The van der Waals surface area contributed by atoms with Gasteiger partial charge in [0, 0.05) is 19.1 Å². The first-order valence-corrected chi connectivity index (χ1v) is 10.1. The number of carbonyl (C=O) groups excluding carboxylic acids is 2. The van der Waals surface area contributed by atoms with Gasteiger partial charge in [0.2, 0.25) is 5.91 Å². The highest BCUT2D eigenvalue weighted by Crippen LogP contribution is 2.43. The van der Waals surface area contributed by atoms with Crippen LogP contribution < -0.4 is 0 Å². The molecule has 25 heavy (non-hydrogen) atoms. The van der Waals surface area contributed by atoms with Gasteiger partial charge in [-0.1, -0.05) is 6.42 Å². The van der Waals surface area contributed by atoms with Crippen molar-refractivity contribution < 1.29 is 14.3 Å². The fourth-order valence-corrected chi connectivity index (χ4v) is 5.65. The molecule has 0 aromatic carbocycles. The summed E-state index contributed by atoms with van der Waals surface area (Å²) in [5.74, 6) is 1.89. The molecule has 5 rings (SSSR count). The third-order valence-electron chi connectivity index (χ3n) is 6.78. The van der Waals surface area contributed by atoms with E-state index in [0.29, 0.717) is 17.8 Å². The monoisotopic (exact) mass is 348 g/mol. The van der Waals surface area contributed by atoms with Crippen molar-refractivity contribution in [1.29, 1.82) is 0 Å². The first-order chi connectivity index (χ1) is 11.8. The molecule has 5 nitrogen and oxygen atoms in total. The zero-order valence-electron chi connectivity index (χ0n) is 15.9. The minimum atomic E-state index is -0.522. The number of likely N-dealkylation sites (tertiary alicyclic amines) is 1. The summed E-state index contributed by atoms with van der Waals surface area (Å²) in [5, 5.41) is 0. The second-order valence-corrected chi connectivity index (χ2v) is 9.60. The lowest BCUT2D eigenvalue weighted by Gasteiger charge is -2.51. The highest BCUT2D eigenvalue weighted by Gasteiger charge is 2.51. The van der Waals surface area contributed by atoms with E-state index in [9.17, 15) is 9.59 Å². The van der Waals surface area contributed by atoms with Crippen molar-refractivity contribution in [1.82, 2.24) is 9.80 Å². The molecule has 140 valence electrons. The Labute approximate surface area is 151 Å². The van der Waals surface area contributed by atoms with Crippen LogP contribution in [0.25, 0.3) is 0 Å².